The van der Waals surface area contributed by atoms with Gasteiger partial charge in [0.25, 0.3) is 5.91 Å². The summed E-state index contributed by atoms with van der Waals surface area (Å²) in [5, 5.41) is 3.31. The molecule has 1 amide bonds. The van der Waals surface area contributed by atoms with Crippen molar-refractivity contribution in [1.29, 1.82) is 0 Å². The lowest BCUT2D eigenvalue weighted by molar-refractivity contribution is -0.139. The van der Waals surface area contributed by atoms with E-state index in [0.29, 0.717) is 39.4 Å². The predicted octanol–water partition coefficient (Wildman–Crippen LogP) is 7.26. The Morgan fingerprint density at radius 1 is 1.03 bits per heavy atom. The number of benzene rings is 2. The van der Waals surface area contributed by atoms with E-state index in [1.807, 2.05) is 19.1 Å². The van der Waals surface area contributed by atoms with Gasteiger partial charge in [0.2, 0.25) is 0 Å². The van der Waals surface area contributed by atoms with Crippen LogP contribution >= 0.6 is 11.6 Å². The number of amides is 1. The first-order valence-electron chi connectivity index (χ1n) is 10.8. The monoisotopic (exact) mass is 486 g/mol. The van der Waals surface area contributed by atoms with Crippen molar-refractivity contribution < 1.29 is 18.0 Å². The Bertz CT molecular complexity index is 1190. The van der Waals surface area contributed by atoms with Crippen molar-refractivity contribution in [2.24, 2.45) is 0 Å². The van der Waals surface area contributed by atoms with E-state index in [1.54, 1.807) is 45.2 Å². The van der Waals surface area contributed by atoms with Crippen LogP contribution in [-0.2, 0) is 6.54 Å². The van der Waals surface area contributed by atoms with E-state index in [-0.39, 0.29) is 11.5 Å². The highest BCUT2D eigenvalue weighted by Crippen LogP contribution is 2.38. The third kappa shape index (κ3) is 6.26. The lowest BCUT2D eigenvalue weighted by Crippen LogP contribution is -2.23. The molecule has 0 aliphatic rings. The Labute approximate surface area is 202 Å². The number of hydrogen-bond donors (Lipinski definition) is 1. The molecule has 1 heterocycles. The second-order valence-corrected chi connectivity index (χ2v) is 8.79. The zero-order valence-corrected chi connectivity index (χ0v) is 20.2. The number of aryl methyl sites for hydroxylation is 4. The second kappa shape index (κ2) is 10.4. The number of nitrogens with one attached hydrogen (secondary N) is 1. The minimum Gasteiger partial charge on any atom is -0.348 e. The fourth-order valence-corrected chi connectivity index (χ4v) is 3.81. The fourth-order valence-electron chi connectivity index (χ4n) is 3.70. The summed E-state index contributed by atoms with van der Waals surface area (Å²) in [7, 11) is 0. The summed E-state index contributed by atoms with van der Waals surface area (Å²) in [6, 6.07) is 11.7. The molecule has 0 saturated heterocycles. The summed E-state index contributed by atoms with van der Waals surface area (Å²) in [6.07, 6.45) is -0.175. The van der Waals surface area contributed by atoms with Gasteiger partial charge in [-0.05, 0) is 73.2 Å². The number of hydrogen-bond acceptors (Lipinski definition) is 2. The molecule has 0 spiro atoms. The lowest BCUT2D eigenvalue weighted by atomic mass is 9.93. The molecule has 0 aliphatic carbocycles. The molecule has 0 saturated carbocycles. The SMILES string of the molecule is Cc1ccc(CNC(=O)c2ccc(/C=C/C(c3cc(C)c(Cl)c(C)c3)C(F)(F)F)cc2C)cn1. The number of halogens is 4. The predicted molar refractivity (Wildman–Crippen MR) is 130 cm³/mol. The van der Waals surface area contributed by atoms with E-state index < -0.39 is 12.1 Å². The van der Waals surface area contributed by atoms with Crippen LogP contribution in [0, 0.1) is 27.7 Å². The van der Waals surface area contributed by atoms with E-state index in [2.05, 4.69) is 10.3 Å². The Balaban J connectivity index is 1.77. The molecule has 34 heavy (non-hydrogen) atoms. The summed E-state index contributed by atoms with van der Waals surface area (Å²) in [5.74, 6) is -2.03. The maximum absolute atomic E-state index is 13.8. The number of allylic oxidation sites excluding steroid dienone is 1. The second-order valence-electron chi connectivity index (χ2n) is 8.41. The largest absolute Gasteiger partial charge is 0.399 e. The molecule has 3 rings (SSSR count). The highest BCUT2D eigenvalue weighted by molar-refractivity contribution is 6.32. The van der Waals surface area contributed by atoms with Crippen LogP contribution in [-0.4, -0.2) is 17.1 Å². The number of alkyl halides is 3. The highest BCUT2D eigenvalue weighted by Gasteiger charge is 2.39. The van der Waals surface area contributed by atoms with Gasteiger partial charge in [-0.3, -0.25) is 9.78 Å². The van der Waals surface area contributed by atoms with Gasteiger partial charge in [0, 0.05) is 29.0 Å². The summed E-state index contributed by atoms with van der Waals surface area (Å²) in [5.41, 5.74) is 4.83. The van der Waals surface area contributed by atoms with E-state index >= 15 is 0 Å². The van der Waals surface area contributed by atoms with Crippen LogP contribution in [0.3, 0.4) is 0 Å². The number of carbonyl (C=O) groups is 1. The first-order chi connectivity index (χ1) is 16.0. The summed E-state index contributed by atoms with van der Waals surface area (Å²) < 4.78 is 41.5. The maximum atomic E-state index is 13.8. The van der Waals surface area contributed by atoms with Crippen molar-refractivity contribution in [3.63, 3.8) is 0 Å². The van der Waals surface area contributed by atoms with Crippen molar-refractivity contribution in [3.05, 3.63) is 104 Å². The van der Waals surface area contributed by atoms with Gasteiger partial charge in [0.05, 0.1) is 5.92 Å². The zero-order chi connectivity index (χ0) is 25.0. The normalized spacial score (nSPS) is 12.7. The van der Waals surface area contributed by atoms with Crippen molar-refractivity contribution in [2.45, 2.75) is 46.3 Å². The number of carbonyl (C=O) groups excluding carboxylic acids is 1. The third-order valence-electron chi connectivity index (χ3n) is 5.57. The molecule has 1 aromatic heterocycles. The number of nitrogens with zero attached hydrogens (tertiary/aromatic N) is 1. The Hall–Kier alpha value is -3.12. The van der Waals surface area contributed by atoms with Crippen LogP contribution in [0.5, 0.6) is 0 Å². The minimum absolute atomic E-state index is 0.140. The summed E-state index contributed by atoms with van der Waals surface area (Å²) in [6.45, 7) is 7.36. The Morgan fingerprint density at radius 3 is 2.26 bits per heavy atom. The van der Waals surface area contributed by atoms with Gasteiger partial charge in [-0.2, -0.15) is 13.2 Å². The average Bonchev–Trinajstić information content (AvgIpc) is 2.76. The molecule has 178 valence electrons. The van der Waals surface area contributed by atoms with Crippen LogP contribution in [0.2, 0.25) is 5.02 Å². The van der Waals surface area contributed by atoms with Gasteiger partial charge in [-0.25, -0.2) is 0 Å². The topological polar surface area (TPSA) is 42.0 Å². The van der Waals surface area contributed by atoms with Crippen molar-refractivity contribution in [3.8, 4) is 0 Å². The van der Waals surface area contributed by atoms with E-state index in [4.69, 9.17) is 11.6 Å². The number of pyridine rings is 1. The van der Waals surface area contributed by atoms with Crippen LogP contribution in [0.1, 0.15) is 55.4 Å². The van der Waals surface area contributed by atoms with Gasteiger partial charge in [0.15, 0.2) is 0 Å². The molecule has 7 heteroatoms. The van der Waals surface area contributed by atoms with Crippen molar-refractivity contribution >= 4 is 23.6 Å². The maximum Gasteiger partial charge on any atom is 0.399 e. The minimum atomic E-state index is -4.46. The van der Waals surface area contributed by atoms with Crippen molar-refractivity contribution in [2.75, 3.05) is 0 Å². The summed E-state index contributed by atoms with van der Waals surface area (Å²) >= 11 is 6.13. The van der Waals surface area contributed by atoms with Crippen LogP contribution in [0.15, 0.2) is 54.7 Å². The first kappa shape index (κ1) is 25.5. The van der Waals surface area contributed by atoms with Crippen LogP contribution in [0.4, 0.5) is 13.2 Å². The molecule has 0 aliphatic heterocycles. The summed E-state index contributed by atoms with van der Waals surface area (Å²) in [4.78, 5) is 16.8. The van der Waals surface area contributed by atoms with Gasteiger partial charge < -0.3 is 5.32 Å². The molecule has 2 aromatic carbocycles. The molecule has 0 fully saturated rings. The molecule has 0 bridgehead atoms. The third-order valence-corrected chi connectivity index (χ3v) is 6.17. The van der Waals surface area contributed by atoms with E-state index in [9.17, 15) is 18.0 Å². The number of rotatable bonds is 6. The highest BCUT2D eigenvalue weighted by atomic mass is 35.5. The first-order valence-corrected chi connectivity index (χ1v) is 11.2. The lowest BCUT2D eigenvalue weighted by Gasteiger charge is -2.19. The molecule has 3 aromatic rings. The molecule has 0 radical (unpaired) electrons. The Morgan fingerprint density at radius 2 is 1.71 bits per heavy atom. The molecule has 1 atom stereocenters. The fraction of sp³-hybridized carbons (Fsp3) is 0.259. The molecular formula is C27H26ClF3N2O. The standard InChI is InChI=1S/C27H26ClF3N2O/c1-16-11-20(7-9-23(16)26(34)33-15-21-6-5-19(4)32-14-21)8-10-24(27(29,30)31)22-12-17(2)25(28)18(3)13-22/h5-14,24H,15H2,1-4H3,(H,33,34)/b10-8+. The van der Waals surface area contributed by atoms with Gasteiger partial charge in [-0.15, -0.1) is 0 Å². The molecule has 1 unspecified atom stereocenters. The van der Waals surface area contributed by atoms with Crippen molar-refractivity contribution in [1.82, 2.24) is 10.3 Å². The van der Waals surface area contributed by atoms with Gasteiger partial charge in [-0.1, -0.05) is 54.1 Å². The van der Waals surface area contributed by atoms with Gasteiger partial charge >= 0.3 is 6.18 Å². The van der Waals surface area contributed by atoms with E-state index in [1.165, 1.54) is 18.2 Å². The molecule has 3 nitrogen and oxygen atoms in total. The van der Waals surface area contributed by atoms with E-state index in [0.717, 1.165) is 17.3 Å². The van der Waals surface area contributed by atoms with Crippen LogP contribution < -0.4 is 5.32 Å². The quantitative estimate of drug-likeness (QED) is 0.398. The smallest absolute Gasteiger partial charge is 0.348 e. The zero-order valence-electron chi connectivity index (χ0n) is 19.4. The Kier molecular flexibility index (Phi) is 7.82. The van der Waals surface area contributed by atoms with Crippen LogP contribution in [0.25, 0.3) is 6.08 Å². The average molecular weight is 487 g/mol. The molecular weight excluding hydrogens is 461 g/mol. The number of aromatic nitrogens is 1. The van der Waals surface area contributed by atoms with Gasteiger partial charge in [0.1, 0.15) is 0 Å². The molecule has 1 N–H and O–H groups in total.